The maximum absolute atomic E-state index is 10.4. The molecule has 2 heterocycles. The van der Waals surface area contributed by atoms with Crippen molar-refractivity contribution in [2.24, 2.45) is 0 Å². The van der Waals surface area contributed by atoms with E-state index in [2.05, 4.69) is 4.90 Å². The van der Waals surface area contributed by atoms with Crippen LogP contribution in [-0.4, -0.2) is 43.9 Å². The molecule has 1 aromatic carbocycles. The molecule has 0 unspecified atom stereocenters. The molecule has 0 radical (unpaired) electrons. The van der Waals surface area contributed by atoms with Crippen LogP contribution in [-0.2, 0) is 0 Å². The predicted octanol–water partition coefficient (Wildman–Crippen LogP) is 2.75. The molecule has 0 spiro atoms. The van der Waals surface area contributed by atoms with Gasteiger partial charge in [0.2, 0.25) is 0 Å². The van der Waals surface area contributed by atoms with Gasteiger partial charge in [0, 0.05) is 6.04 Å². The van der Waals surface area contributed by atoms with E-state index in [0.29, 0.717) is 12.1 Å². The molecule has 11 nitrogen and oxygen atoms in total. The van der Waals surface area contributed by atoms with E-state index >= 15 is 0 Å². The second-order valence-electron chi connectivity index (χ2n) is 5.93. The third-order valence-electron chi connectivity index (χ3n) is 4.39. The molecule has 3 rings (SSSR count). The van der Waals surface area contributed by atoms with E-state index in [0.717, 1.165) is 6.04 Å². The van der Waals surface area contributed by atoms with Gasteiger partial charge in [-0.15, -0.1) is 0 Å². The van der Waals surface area contributed by atoms with Gasteiger partial charge in [-0.1, -0.05) is 6.42 Å². The number of hydrogen-bond acceptors (Lipinski definition) is 8. The van der Waals surface area contributed by atoms with Crippen molar-refractivity contribution >= 4 is 17.1 Å². The van der Waals surface area contributed by atoms with Crippen LogP contribution in [0.25, 0.3) is 0 Å². The number of aromatic hydroxyl groups is 1. The van der Waals surface area contributed by atoms with Crippen molar-refractivity contribution in [3.63, 3.8) is 0 Å². The van der Waals surface area contributed by atoms with Crippen LogP contribution in [0.1, 0.15) is 32.1 Å². The molecular weight excluding hydrogens is 336 g/mol. The Morgan fingerprint density at radius 1 is 0.880 bits per heavy atom. The van der Waals surface area contributed by atoms with Crippen LogP contribution < -0.4 is 0 Å². The summed E-state index contributed by atoms with van der Waals surface area (Å²) in [5.41, 5.74) is -3.00. The Kier molecular flexibility index (Phi) is 5.80. The number of phenols is 1. The van der Waals surface area contributed by atoms with Gasteiger partial charge in [-0.25, -0.2) is 0 Å². The highest BCUT2D eigenvalue weighted by Gasteiger charge is 2.30. The molecule has 25 heavy (non-hydrogen) atoms. The molecule has 0 aliphatic carbocycles. The number of rotatable bonds is 3. The van der Waals surface area contributed by atoms with Crippen molar-refractivity contribution < 1.29 is 19.9 Å². The van der Waals surface area contributed by atoms with Crippen molar-refractivity contribution in [1.82, 2.24) is 4.90 Å². The number of nitro benzene ring substituents is 3. The van der Waals surface area contributed by atoms with E-state index in [1.165, 1.54) is 45.2 Å². The first-order chi connectivity index (χ1) is 11.8. The van der Waals surface area contributed by atoms with E-state index in [-0.39, 0.29) is 0 Å². The van der Waals surface area contributed by atoms with Crippen molar-refractivity contribution in [1.29, 1.82) is 0 Å². The molecule has 0 aromatic heterocycles. The van der Waals surface area contributed by atoms with Crippen LogP contribution in [0.15, 0.2) is 12.1 Å². The predicted molar refractivity (Wildman–Crippen MR) is 86.5 cm³/mol. The zero-order chi connectivity index (χ0) is 18.6. The Morgan fingerprint density at radius 2 is 1.40 bits per heavy atom. The summed E-state index contributed by atoms with van der Waals surface area (Å²) in [6.45, 7) is 2.79. The summed E-state index contributed by atoms with van der Waals surface area (Å²) in [5, 5.41) is 40.2. The van der Waals surface area contributed by atoms with Crippen LogP contribution in [0.4, 0.5) is 17.1 Å². The van der Waals surface area contributed by atoms with Gasteiger partial charge in [0.05, 0.1) is 26.9 Å². The lowest BCUT2D eigenvalue weighted by Gasteiger charge is -2.28. The SMILES string of the molecule is C1CCN2CCC[C@H]2C1.O=[N+]([O-])c1cc([N+](=O)[O-])c(O)c([N+](=O)[O-])c1. The average Bonchev–Trinajstić information content (AvgIpc) is 3.03. The summed E-state index contributed by atoms with van der Waals surface area (Å²) < 4.78 is 0. The van der Waals surface area contributed by atoms with E-state index in [4.69, 9.17) is 5.11 Å². The Balaban J connectivity index is 0.000000208. The van der Waals surface area contributed by atoms with Crippen LogP contribution in [0.2, 0.25) is 0 Å². The van der Waals surface area contributed by atoms with E-state index in [1.54, 1.807) is 0 Å². The molecule has 2 saturated heterocycles. The third-order valence-corrected chi connectivity index (χ3v) is 4.39. The van der Waals surface area contributed by atoms with Crippen LogP contribution >= 0.6 is 0 Å². The number of piperidine rings is 1. The van der Waals surface area contributed by atoms with Gasteiger partial charge in [0.1, 0.15) is 0 Å². The zero-order valence-corrected chi connectivity index (χ0v) is 13.4. The Hall–Kier alpha value is -2.82. The Labute approximate surface area is 142 Å². The second kappa shape index (κ2) is 7.83. The summed E-state index contributed by atoms with van der Waals surface area (Å²) in [7, 11) is 0. The first kappa shape index (κ1) is 18.5. The fraction of sp³-hybridized carbons (Fsp3) is 0.571. The fourth-order valence-electron chi connectivity index (χ4n) is 3.18. The van der Waals surface area contributed by atoms with Crippen molar-refractivity contribution in [2.45, 2.75) is 38.1 Å². The lowest BCUT2D eigenvalue weighted by Crippen LogP contribution is -2.33. The molecule has 1 N–H and O–H groups in total. The minimum Gasteiger partial charge on any atom is -0.497 e. The van der Waals surface area contributed by atoms with Gasteiger partial charge in [-0.3, -0.25) is 30.3 Å². The molecule has 0 bridgehead atoms. The van der Waals surface area contributed by atoms with Gasteiger partial charge in [-0.05, 0) is 38.8 Å². The van der Waals surface area contributed by atoms with Gasteiger partial charge in [-0.2, -0.15) is 0 Å². The maximum atomic E-state index is 10.4. The molecule has 136 valence electrons. The smallest absolute Gasteiger partial charge is 0.324 e. The Bertz CT molecular complexity index is 647. The molecule has 1 aromatic rings. The van der Waals surface area contributed by atoms with Crippen molar-refractivity contribution in [3.8, 4) is 5.75 Å². The molecule has 2 fully saturated rings. The fourth-order valence-corrected chi connectivity index (χ4v) is 3.18. The first-order valence-corrected chi connectivity index (χ1v) is 7.85. The lowest BCUT2D eigenvalue weighted by atomic mass is 10.0. The minimum atomic E-state index is -1.21. The summed E-state index contributed by atoms with van der Waals surface area (Å²) in [6, 6.07) is 1.89. The molecule has 0 saturated carbocycles. The summed E-state index contributed by atoms with van der Waals surface area (Å²) in [4.78, 5) is 30.4. The normalized spacial score (nSPS) is 19.4. The van der Waals surface area contributed by atoms with Gasteiger partial charge < -0.3 is 10.0 Å². The monoisotopic (exact) mass is 354 g/mol. The van der Waals surface area contributed by atoms with E-state index in [1.807, 2.05) is 0 Å². The van der Waals surface area contributed by atoms with Crippen LogP contribution in [0.3, 0.4) is 0 Å². The summed E-state index contributed by atoms with van der Waals surface area (Å²) in [5.74, 6) is -1.21. The number of fused-ring (bicyclic) bond motifs is 1. The number of nitrogens with zero attached hydrogens (tertiary/aromatic N) is 4. The van der Waals surface area contributed by atoms with Crippen molar-refractivity contribution in [2.75, 3.05) is 13.1 Å². The standard InChI is InChI=1S/C8H15N.C6H3N3O7/c1-2-6-9-7-3-5-8(9)4-1;10-6-4(8(13)14)1-3(7(11)12)2-5(6)9(15)16/h8H,1-7H2;1-2,10H/t8-;/m1./s1. The summed E-state index contributed by atoms with van der Waals surface area (Å²) in [6.07, 6.45) is 7.38. The number of benzene rings is 1. The molecule has 1 atom stereocenters. The minimum absolute atomic E-state index is 0.447. The van der Waals surface area contributed by atoms with E-state index < -0.39 is 37.6 Å². The van der Waals surface area contributed by atoms with Gasteiger partial charge in [0.15, 0.2) is 0 Å². The van der Waals surface area contributed by atoms with Crippen LogP contribution in [0, 0.1) is 30.3 Å². The van der Waals surface area contributed by atoms with Crippen molar-refractivity contribution in [3.05, 3.63) is 42.5 Å². The Morgan fingerprint density at radius 3 is 1.88 bits per heavy atom. The van der Waals surface area contributed by atoms with E-state index in [9.17, 15) is 30.3 Å². The molecule has 11 heteroatoms. The zero-order valence-electron chi connectivity index (χ0n) is 13.4. The highest BCUT2D eigenvalue weighted by atomic mass is 16.6. The molecule has 0 amide bonds. The number of phenolic OH excluding ortho intramolecular Hbond substituents is 1. The summed E-state index contributed by atoms with van der Waals surface area (Å²) >= 11 is 0. The van der Waals surface area contributed by atoms with Gasteiger partial charge >= 0.3 is 11.4 Å². The number of non-ortho nitro benzene ring substituents is 1. The number of nitro groups is 3. The maximum Gasteiger partial charge on any atom is 0.324 e. The average molecular weight is 354 g/mol. The highest BCUT2D eigenvalue weighted by molar-refractivity contribution is 5.64. The topological polar surface area (TPSA) is 153 Å². The largest absolute Gasteiger partial charge is 0.497 e. The molecule has 2 aliphatic heterocycles. The quantitative estimate of drug-likeness (QED) is 0.642. The first-order valence-electron chi connectivity index (χ1n) is 7.85. The molecule has 2 aliphatic rings. The van der Waals surface area contributed by atoms with Gasteiger partial charge in [0.25, 0.3) is 11.4 Å². The van der Waals surface area contributed by atoms with Crippen LogP contribution in [0.5, 0.6) is 5.75 Å². The number of hydrogen-bond donors (Lipinski definition) is 1. The molecular formula is C14H18N4O7. The second-order valence-corrected chi connectivity index (χ2v) is 5.93. The third kappa shape index (κ3) is 4.38. The lowest BCUT2D eigenvalue weighted by molar-refractivity contribution is -0.404. The highest BCUT2D eigenvalue weighted by Crippen LogP contribution is 2.38.